The number of aromatic nitrogens is 1. The number of anilines is 1. The molecule has 0 aliphatic heterocycles. The first-order valence-corrected chi connectivity index (χ1v) is 6.16. The summed E-state index contributed by atoms with van der Waals surface area (Å²) in [5.74, 6) is 0. The highest BCUT2D eigenvalue weighted by molar-refractivity contribution is 7.92. The minimum atomic E-state index is -3.57. The molecule has 0 saturated carbocycles. The van der Waals surface area contributed by atoms with E-state index in [-0.39, 0.29) is 5.03 Å². The number of nitrogens with zero attached hydrogens (tertiary/aromatic N) is 1. The molecule has 1 N–H and O–H groups in total. The molecule has 0 fully saturated rings. The summed E-state index contributed by atoms with van der Waals surface area (Å²) in [6, 6.07) is 13.4. The zero-order valence-corrected chi connectivity index (χ0v) is 9.18. The Bertz CT molecular complexity index is 553. The van der Waals surface area contributed by atoms with E-state index in [0.29, 0.717) is 5.69 Å². The van der Waals surface area contributed by atoms with Gasteiger partial charge in [-0.25, -0.2) is 4.98 Å². The fourth-order valence-corrected chi connectivity index (χ4v) is 2.23. The largest absolute Gasteiger partial charge is 0.279 e. The maximum absolute atomic E-state index is 11.8. The molecule has 0 saturated heterocycles. The van der Waals surface area contributed by atoms with Crippen molar-refractivity contribution in [3.8, 4) is 0 Å². The highest BCUT2D eigenvalue weighted by Gasteiger charge is 2.14. The van der Waals surface area contributed by atoms with Gasteiger partial charge in [0.25, 0.3) is 10.0 Å². The van der Waals surface area contributed by atoms with Crippen LogP contribution in [0.15, 0.2) is 59.8 Å². The third-order valence-corrected chi connectivity index (χ3v) is 3.24. The summed E-state index contributed by atoms with van der Waals surface area (Å²) in [4.78, 5) is 3.80. The van der Waals surface area contributed by atoms with Gasteiger partial charge in [0.15, 0.2) is 5.03 Å². The first-order chi connectivity index (χ1) is 7.68. The lowest BCUT2D eigenvalue weighted by atomic mass is 10.3. The number of para-hydroxylation sites is 1. The van der Waals surface area contributed by atoms with Gasteiger partial charge in [0.1, 0.15) is 0 Å². The predicted molar refractivity (Wildman–Crippen MR) is 61.5 cm³/mol. The van der Waals surface area contributed by atoms with Gasteiger partial charge in [-0.2, -0.15) is 8.42 Å². The summed E-state index contributed by atoms with van der Waals surface area (Å²) in [7, 11) is -3.57. The van der Waals surface area contributed by atoms with E-state index < -0.39 is 10.0 Å². The molecule has 0 bridgehead atoms. The van der Waals surface area contributed by atoms with E-state index in [2.05, 4.69) is 9.71 Å². The first-order valence-electron chi connectivity index (χ1n) is 4.67. The minimum Gasteiger partial charge on any atom is -0.278 e. The van der Waals surface area contributed by atoms with Crippen molar-refractivity contribution in [1.29, 1.82) is 0 Å². The monoisotopic (exact) mass is 234 g/mol. The lowest BCUT2D eigenvalue weighted by molar-refractivity contribution is 0.597. The van der Waals surface area contributed by atoms with Gasteiger partial charge in [-0.15, -0.1) is 0 Å². The van der Waals surface area contributed by atoms with Crippen LogP contribution in [0.1, 0.15) is 0 Å². The molecule has 0 unspecified atom stereocenters. The lowest BCUT2D eigenvalue weighted by Gasteiger charge is -2.06. The zero-order chi connectivity index (χ0) is 11.4. The fourth-order valence-electron chi connectivity index (χ4n) is 1.22. The van der Waals surface area contributed by atoms with Crippen molar-refractivity contribution < 1.29 is 8.42 Å². The van der Waals surface area contributed by atoms with Crippen LogP contribution >= 0.6 is 0 Å². The van der Waals surface area contributed by atoms with Crippen molar-refractivity contribution in [3.05, 3.63) is 54.7 Å². The second kappa shape index (κ2) is 4.32. The standard InChI is InChI=1S/C11H10N2O2S/c14-16(15,11-8-4-5-9-12-11)13-10-6-2-1-3-7-10/h1-9,13H. The molecule has 5 heteroatoms. The highest BCUT2D eigenvalue weighted by atomic mass is 32.2. The molecule has 0 radical (unpaired) electrons. The number of rotatable bonds is 3. The van der Waals surface area contributed by atoms with Crippen LogP contribution in [0.3, 0.4) is 0 Å². The van der Waals surface area contributed by atoms with Crippen LogP contribution in [-0.4, -0.2) is 13.4 Å². The van der Waals surface area contributed by atoms with Gasteiger partial charge < -0.3 is 0 Å². The van der Waals surface area contributed by atoms with E-state index in [9.17, 15) is 8.42 Å². The van der Waals surface area contributed by atoms with Crippen molar-refractivity contribution in [2.75, 3.05) is 4.72 Å². The molecule has 0 atom stereocenters. The summed E-state index contributed by atoms with van der Waals surface area (Å²) >= 11 is 0. The van der Waals surface area contributed by atoms with Crippen LogP contribution in [0.5, 0.6) is 0 Å². The Labute approximate surface area is 94.0 Å². The van der Waals surface area contributed by atoms with E-state index >= 15 is 0 Å². The van der Waals surface area contributed by atoms with Gasteiger partial charge >= 0.3 is 0 Å². The molecule has 16 heavy (non-hydrogen) atoms. The molecule has 0 amide bonds. The molecule has 1 aromatic carbocycles. The average molecular weight is 234 g/mol. The number of nitrogens with one attached hydrogen (secondary N) is 1. The van der Waals surface area contributed by atoms with Crippen molar-refractivity contribution >= 4 is 15.7 Å². The maximum Gasteiger partial charge on any atom is 0.279 e. The van der Waals surface area contributed by atoms with Gasteiger partial charge in [-0.05, 0) is 24.3 Å². The van der Waals surface area contributed by atoms with Crippen LogP contribution < -0.4 is 4.72 Å². The molecule has 2 aromatic rings. The summed E-state index contributed by atoms with van der Waals surface area (Å²) in [6.45, 7) is 0. The van der Waals surface area contributed by atoms with Gasteiger partial charge in [-0.3, -0.25) is 4.72 Å². The molecular weight excluding hydrogens is 224 g/mol. The molecule has 1 aromatic heterocycles. The molecular formula is C11H10N2O2S. The van der Waals surface area contributed by atoms with Gasteiger partial charge in [0, 0.05) is 11.9 Å². The average Bonchev–Trinajstić information content (AvgIpc) is 2.31. The lowest BCUT2D eigenvalue weighted by Crippen LogP contribution is -2.14. The topological polar surface area (TPSA) is 59.1 Å². The van der Waals surface area contributed by atoms with Crippen molar-refractivity contribution in [1.82, 2.24) is 4.98 Å². The molecule has 1 heterocycles. The van der Waals surface area contributed by atoms with E-state index in [1.165, 1.54) is 12.3 Å². The number of pyridine rings is 1. The summed E-state index contributed by atoms with van der Waals surface area (Å²) in [5, 5.41) is 0.0128. The van der Waals surface area contributed by atoms with E-state index in [4.69, 9.17) is 0 Å². The Morgan fingerprint density at radius 3 is 2.25 bits per heavy atom. The van der Waals surface area contributed by atoms with Crippen LogP contribution in [-0.2, 0) is 10.0 Å². The molecule has 0 spiro atoms. The highest BCUT2D eigenvalue weighted by Crippen LogP contribution is 2.12. The summed E-state index contributed by atoms with van der Waals surface area (Å²) in [6.07, 6.45) is 1.44. The first kappa shape index (κ1) is 10.6. The molecule has 82 valence electrons. The van der Waals surface area contributed by atoms with Gasteiger partial charge in [-0.1, -0.05) is 24.3 Å². The van der Waals surface area contributed by atoms with Crippen LogP contribution in [0.2, 0.25) is 0 Å². The Morgan fingerprint density at radius 1 is 0.938 bits per heavy atom. The molecule has 0 aliphatic rings. The maximum atomic E-state index is 11.8. The zero-order valence-electron chi connectivity index (χ0n) is 8.37. The Balaban J connectivity index is 2.29. The normalized spacial score (nSPS) is 11.0. The van der Waals surface area contributed by atoms with Crippen molar-refractivity contribution in [3.63, 3.8) is 0 Å². The van der Waals surface area contributed by atoms with Crippen LogP contribution in [0.4, 0.5) is 5.69 Å². The number of hydrogen-bond donors (Lipinski definition) is 1. The van der Waals surface area contributed by atoms with Crippen molar-refractivity contribution in [2.24, 2.45) is 0 Å². The van der Waals surface area contributed by atoms with Gasteiger partial charge in [0.2, 0.25) is 0 Å². The Kier molecular flexibility index (Phi) is 2.87. The third-order valence-electron chi connectivity index (χ3n) is 1.94. The Morgan fingerprint density at radius 2 is 1.62 bits per heavy atom. The number of hydrogen-bond acceptors (Lipinski definition) is 3. The molecule has 0 aliphatic carbocycles. The van der Waals surface area contributed by atoms with E-state index in [0.717, 1.165) is 0 Å². The number of sulfonamides is 1. The second-order valence-electron chi connectivity index (χ2n) is 3.14. The predicted octanol–water partition coefficient (Wildman–Crippen LogP) is 1.88. The quantitative estimate of drug-likeness (QED) is 0.882. The van der Waals surface area contributed by atoms with Crippen LogP contribution in [0.25, 0.3) is 0 Å². The second-order valence-corrected chi connectivity index (χ2v) is 4.77. The summed E-state index contributed by atoms with van der Waals surface area (Å²) in [5.41, 5.74) is 0.521. The Hall–Kier alpha value is -1.88. The van der Waals surface area contributed by atoms with E-state index in [1.807, 2.05) is 6.07 Å². The summed E-state index contributed by atoms with van der Waals surface area (Å²) < 4.78 is 26.1. The fraction of sp³-hybridized carbons (Fsp3) is 0. The molecule has 2 rings (SSSR count). The smallest absolute Gasteiger partial charge is 0.278 e. The SMILES string of the molecule is O=S(=O)(Nc1ccccc1)c1ccccn1. The molecule has 4 nitrogen and oxygen atoms in total. The van der Waals surface area contributed by atoms with Crippen LogP contribution in [0, 0.1) is 0 Å². The minimum absolute atomic E-state index is 0.0128. The van der Waals surface area contributed by atoms with E-state index in [1.54, 1.807) is 36.4 Å². The number of benzene rings is 1. The third kappa shape index (κ3) is 2.38. The van der Waals surface area contributed by atoms with Crippen molar-refractivity contribution in [2.45, 2.75) is 5.03 Å². The van der Waals surface area contributed by atoms with Gasteiger partial charge in [0.05, 0.1) is 0 Å².